The van der Waals surface area contributed by atoms with E-state index in [2.05, 4.69) is 33.4 Å². The molecule has 5 rings (SSSR count). The van der Waals surface area contributed by atoms with E-state index in [4.69, 9.17) is 13.9 Å². The highest BCUT2D eigenvalue weighted by Crippen LogP contribution is 2.30. The highest BCUT2D eigenvalue weighted by atomic mass is 32.2. The molecule has 0 aliphatic carbocycles. The molecule has 0 saturated carbocycles. The summed E-state index contributed by atoms with van der Waals surface area (Å²) in [5.74, 6) is 2.75. The summed E-state index contributed by atoms with van der Waals surface area (Å²) < 4.78 is 19.4. The minimum atomic E-state index is 0.296. The fraction of sp³-hybridized carbons (Fsp3) is 0.192. The molecule has 0 saturated heterocycles. The SMILES string of the molecule is COCCn1c(COc2ccccc2-c2ccccc2)nnc1SCc1nc2ccccc2o1. The van der Waals surface area contributed by atoms with Crippen LogP contribution in [0.1, 0.15) is 11.7 Å². The number of ether oxygens (including phenoxy) is 2. The van der Waals surface area contributed by atoms with Crippen molar-refractivity contribution in [1.29, 1.82) is 0 Å². The molecule has 2 heterocycles. The number of benzene rings is 3. The Balaban J connectivity index is 1.32. The summed E-state index contributed by atoms with van der Waals surface area (Å²) in [5.41, 5.74) is 3.78. The third-order valence-corrected chi connectivity index (χ3v) is 6.26. The van der Waals surface area contributed by atoms with Crippen LogP contribution >= 0.6 is 11.8 Å². The third-order valence-electron chi connectivity index (χ3n) is 5.30. The number of methoxy groups -OCH3 is 1. The molecule has 7 nitrogen and oxygen atoms in total. The summed E-state index contributed by atoms with van der Waals surface area (Å²) in [6, 6.07) is 26.0. The Bertz CT molecular complexity index is 1330. The molecule has 5 aromatic rings. The number of fused-ring (bicyclic) bond motifs is 1. The molecule has 2 aromatic heterocycles. The number of rotatable bonds is 10. The van der Waals surface area contributed by atoms with E-state index in [0.29, 0.717) is 31.4 Å². The van der Waals surface area contributed by atoms with Crippen molar-refractivity contribution in [2.75, 3.05) is 13.7 Å². The molecule has 8 heteroatoms. The van der Waals surface area contributed by atoms with Crippen LogP contribution in [-0.4, -0.2) is 33.5 Å². The maximum atomic E-state index is 6.21. The van der Waals surface area contributed by atoms with Crippen LogP contribution in [0.15, 0.2) is 88.4 Å². The third kappa shape index (κ3) is 4.98. The zero-order valence-corrected chi connectivity index (χ0v) is 19.6. The molecule has 3 aromatic carbocycles. The molecule has 0 fully saturated rings. The summed E-state index contributed by atoms with van der Waals surface area (Å²) in [6.45, 7) is 1.46. The maximum absolute atomic E-state index is 6.21. The average molecular weight is 473 g/mol. The van der Waals surface area contributed by atoms with Crippen molar-refractivity contribution in [1.82, 2.24) is 19.7 Å². The first-order valence-electron chi connectivity index (χ1n) is 11.0. The number of para-hydroxylation sites is 3. The first kappa shape index (κ1) is 22.2. The van der Waals surface area contributed by atoms with Crippen molar-refractivity contribution >= 4 is 22.9 Å². The minimum absolute atomic E-state index is 0.296. The van der Waals surface area contributed by atoms with Crippen LogP contribution in [0.3, 0.4) is 0 Å². The van der Waals surface area contributed by atoms with Gasteiger partial charge in [0.05, 0.1) is 12.4 Å². The summed E-state index contributed by atoms with van der Waals surface area (Å²) in [7, 11) is 1.68. The van der Waals surface area contributed by atoms with E-state index in [0.717, 1.165) is 39.0 Å². The van der Waals surface area contributed by atoms with Gasteiger partial charge in [-0.2, -0.15) is 0 Å². The number of nitrogens with zero attached hydrogens (tertiary/aromatic N) is 4. The highest BCUT2D eigenvalue weighted by molar-refractivity contribution is 7.98. The molecule has 0 unspecified atom stereocenters. The molecule has 0 bridgehead atoms. The average Bonchev–Trinajstić information content (AvgIpc) is 3.48. The molecule has 0 atom stereocenters. The maximum Gasteiger partial charge on any atom is 0.205 e. The number of thioether (sulfide) groups is 1. The Morgan fingerprint density at radius 1 is 0.912 bits per heavy atom. The number of oxazole rings is 1. The summed E-state index contributed by atoms with van der Waals surface area (Å²) in [5, 5.41) is 9.58. The van der Waals surface area contributed by atoms with Crippen molar-refractivity contribution in [2.24, 2.45) is 0 Å². The van der Waals surface area contributed by atoms with Gasteiger partial charge in [-0.15, -0.1) is 10.2 Å². The summed E-state index contributed by atoms with van der Waals surface area (Å²) >= 11 is 1.53. The van der Waals surface area contributed by atoms with Crippen molar-refractivity contribution in [3.05, 3.63) is 90.6 Å². The van der Waals surface area contributed by atoms with Gasteiger partial charge < -0.3 is 18.5 Å². The molecule has 172 valence electrons. The van der Waals surface area contributed by atoms with Gasteiger partial charge in [-0.05, 0) is 23.8 Å². The van der Waals surface area contributed by atoms with Crippen LogP contribution in [0.4, 0.5) is 0 Å². The Labute approximate surface area is 201 Å². The molecule has 0 radical (unpaired) electrons. The van der Waals surface area contributed by atoms with E-state index in [1.165, 1.54) is 11.8 Å². The molecule has 0 aliphatic heterocycles. The fourth-order valence-electron chi connectivity index (χ4n) is 3.64. The molecule has 0 spiro atoms. The zero-order chi connectivity index (χ0) is 23.2. The van der Waals surface area contributed by atoms with Crippen molar-refractivity contribution < 1.29 is 13.9 Å². The Morgan fingerprint density at radius 2 is 1.71 bits per heavy atom. The van der Waals surface area contributed by atoms with Crippen LogP contribution in [-0.2, 0) is 23.6 Å². The van der Waals surface area contributed by atoms with Gasteiger partial charge in [0.25, 0.3) is 0 Å². The largest absolute Gasteiger partial charge is 0.485 e. The molecule has 34 heavy (non-hydrogen) atoms. The van der Waals surface area contributed by atoms with Crippen molar-refractivity contribution in [2.45, 2.75) is 24.1 Å². The topological polar surface area (TPSA) is 75.2 Å². The lowest BCUT2D eigenvalue weighted by atomic mass is 10.1. The second kappa shape index (κ2) is 10.5. The van der Waals surface area contributed by atoms with Crippen LogP contribution in [0.2, 0.25) is 0 Å². The van der Waals surface area contributed by atoms with E-state index in [-0.39, 0.29) is 0 Å². The lowest BCUT2D eigenvalue weighted by Crippen LogP contribution is -2.12. The van der Waals surface area contributed by atoms with E-state index in [1.807, 2.05) is 65.2 Å². The van der Waals surface area contributed by atoms with Gasteiger partial charge in [0.2, 0.25) is 5.89 Å². The van der Waals surface area contributed by atoms with Gasteiger partial charge in [0.15, 0.2) is 16.6 Å². The highest BCUT2D eigenvalue weighted by Gasteiger charge is 2.16. The molecular weight excluding hydrogens is 448 g/mol. The quantitative estimate of drug-likeness (QED) is 0.245. The normalized spacial score (nSPS) is 11.2. The molecule has 0 amide bonds. The van der Waals surface area contributed by atoms with Gasteiger partial charge in [-0.1, -0.05) is 72.4 Å². The van der Waals surface area contributed by atoms with E-state index < -0.39 is 0 Å². The van der Waals surface area contributed by atoms with Gasteiger partial charge in [0, 0.05) is 19.2 Å². The second-order valence-electron chi connectivity index (χ2n) is 7.56. The van der Waals surface area contributed by atoms with Crippen molar-refractivity contribution in [3.8, 4) is 16.9 Å². The van der Waals surface area contributed by atoms with Crippen LogP contribution < -0.4 is 4.74 Å². The predicted molar refractivity (Wildman–Crippen MR) is 132 cm³/mol. The van der Waals surface area contributed by atoms with E-state index in [1.54, 1.807) is 7.11 Å². The number of hydrogen-bond acceptors (Lipinski definition) is 7. The standard InChI is InChI=1S/C26H24N4O3S/c1-31-16-15-30-24(17-32-22-13-7-5-11-20(22)19-9-3-2-4-10-19)28-29-26(30)34-18-25-27-21-12-6-8-14-23(21)33-25/h2-14H,15-18H2,1H3. The van der Waals surface area contributed by atoms with Crippen LogP contribution in [0.5, 0.6) is 5.75 Å². The number of aromatic nitrogens is 4. The van der Waals surface area contributed by atoms with Gasteiger partial charge in [-0.3, -0.25) is 0 Å². The van der Waals surface area contributed by atoms with Crippen LogP contribution in [0, 0.1) is 0 Å². The lowest BCUT2D eigenvalue weighted by Gasteiger charge is -2.13. The summed E-state index contributed by atoms with van der Waals surface area (Å²) in [4.78, 5) is 4.55. The molecule has 0 N–H and O–H groups in total. The first-order valence-corrected chi connectivity index (χ1v) is 12.0. The Morgan fingerprint density at radius 3 is 2.56 bits per heavy atom. The zero-order valence-electron chi connectivity index (χ0n) is 18.8. The predicted octanol–water partition coefficient (Wildman–Crippen LogP) is 5.60. The molecular formula is C26H24N4O3S. The second-order valence-corrected chi connectivity index (χ2v) is 8.50. The van der Waals surface area contributed by atoms with E-state index >= 15 is 0 Å². The molecule has 0 aliphatic rings. The first-order chi connectivity index (χ1) is 16.8. The van der Waals surface area contributed by atoms with Gasteiger partial charge in [0.1, 0.15) is 17.9 Å². The Kier molecular flexibility index (Phi) is 6.88. The number of hydrogen-bond donors (Lipinski definition) is 0. The van der Waals surface area contributed by atoms with Crippen LogP contribution in [0.25, 0.3) is 22.2 Å². The smallest absolute Gasteiger partial charge is 0.205 e. The van der Waals surface area contributed by atoms with E-state index in [9.17, 15) is 0 Å². The van der Waals surface area contributed by atoms with Crippen molar-refractivity contribution in [3.63, 3.8) is 0 Å². The van der Waals surface area contributed by atoms with Gasteiger partial charge in [-0.25, -0.2) is 4.98 Å². The van der Waals surface area contributed by atoms with Gasteiger partial charge >= 0.3 is 0 Å². The lowest BCUT2D eigenvalue weighted by molar-refractivity contribution is 0.181. The fourth-order valence-corrected chi connectivity index (χ4v) is 4.47. The summed E-state index contributed by atoms with van der Waals surface area (Å²) in [6.07, 6.45) is 0. The minimum Gasteiger partial charge on any atom is -0.485 e. The Hall–Kier alpha value is -3.62. The monoisotopic (exact) mass is 472 g/mol.